The minimum atomic E-state index is 0.0974. The molecule has 3 heteroatoms. The van der Waals surface area contributed by atoms with Crippen LogP contribution in [0.4, 0.5) is 0 Å². The highest BCUT2D eigenvalue weighted by Gasteiger charge is 2.12. The van der Waals surface area contributed by atoms with Gasteiger partial charge in [-0.15, -0.1) is 6.58 Å². The molecule has 96 valence electrons. The van der Waals surface area contributed by atoms with Crippen LogP contribution in [0.15, 0.2) is 23.1 Å². The van der Waals surface area contributed by atoms with Gasteiger partial charge < -0.3 is 14.5 Å². The molecule has 1 rings (SSSR count). The second-order valence-corrected chi connectivity index (χ2v) is 5.20. The van der Waals surface area contributed by atoms with Gasteiger partial charge in [0.2, 0.25) is 0 Å². The van der Waals surface area contributed by atoms with Gasteiger partial charge in [0, 0.05) is 11.1 Å². The van der Waals surface area contributed by atoms with Gasteiger partial charge in [0.25, 0.3) is 0 Å². The molecule has 0 aliphatic carbocycles. The van der Waals surface area contributed by atoms with Crippen LogP contribution >= 0.6 is 0 Å². The smallest absolute Gasteiger partial charge is 0.118 e. The Balaban J connectivity index is 2.52. The van der Waals surface area contributed by atoms with Crippen molar-refractivity contribution in [2.24, 2.45) is 0 Å². The minimum Gasteiger partial charge on any atom is -0.465 e. The topological polar surface area (TPSA) is 34.4 Å². The number of ether oxygens (including phenoxy) is 1. The van der Waals surface area contributed by atoms with Gasteiger partial charge in [-0.1, -0.05) is 6.08 Å². The summed E-state index contributed by atoms with van der Waals surface area (Å²) in [5.41, 5.74) is 1.21. The van der Waals surface area contributed by atoms with E-state index in [1.165, 1.54) is 0 Å². The molecule has 3 nitrogen and oxygen atoms in total. The van der Waals surface area contributed by atoms with Crippen molar-refractivity contribution in [3.63, 3.8) is 0 Å². The van der Waals surface area contributed by atoms with Crippen molar-refractivity contribution < 1.29 is 9.15 Å². The Hall–Kier alpha value is -1.06. The molecule has 0 aliphatic rings. The van der Waals surface area contributed by atoms with Crippen LogP contribution in [-0.2, 0) is 17.9 Å². The van der Waals surface area contributed by atoms with Crippen LogP contribution in [0.2, 0.25) is 0 Å². The molecular formula is C14H23NO2. The molecule has 0 atom stereocenters. The lowest BCUT2D eigenvalue weighted by Crippen LogP contribution is -2.34. The number of furan rings is 1. The number of hydrogen-bond donors (Lipinski definition) is 1. The Kier molecular flexibility index (Phi) is 4.97. The maximum Gasteiger partial charge on any atom is 0.118 e. The third-order valence-corrected chi connectivity index (χ3v) is 2.36. The molecule has 0 saturated heterocycles. The van der Waals surface area contributed by atoms with Crippen LogP contribution in [0, 0.1) is 6.92 Å². The second kappa shape index (κ2) is 6.03. The fraction of sp³-hybridized carbons (Fsp3) is 0.571. The van der Waals surface area contributed by atoms with Gasteiger partial charge >= 0.3 is 0 Å². The van der Waals surface area contributed by atoms with E-state index in [1.807, 2.05) is 6.92 Å². The van der Waals surface area contributed by atoms with E-state index in [0.29, 0.717) is 13.2 Å². The third-order valence-electron chi connectivity index (χ3n) is 2.36. The van der Waals surface area contributed by atoms with Crippen LogP contribution < -0.4 is 5.32 Å². The van der Waals surface area contributed by atoms with Gasteiger partial charge in [0.1, 0.15) is 11.5 Å². The molecule has 0 saturated carbocycles. The van der Waals surface area contributed by atoms with Crippen molar-refractivity contribution in [2.45, 2.75) is 46.4 Å². The van der Waals surface area contributed by atoms with E-state index in [9.17, 15) is 0 Å². The average Bonchev–Trinajstić information content (AvgIpc) is 2.56. The zero-order valence-corrected chi connectivity index (χ0v) is 11.3. The van der Waals surface area contributed by atoms with E-state index in [1.54, 1.807) is 6.08 Å². The van der Waals surface area contributed by atoms with Gasteiger partial charge in [0.05, 0.1) is 19.8 Å². The standard InChI is InChI=1S/C14H23NO2/c1-6-7-16-10-12-8-13(17-11(12)2)9-15-14(3,4)5/h6,8,15H,1,7,9-10H2,2-5H3. The van der Waals surface area contributed by atoms with Crippen LogP contribution in [-0.4, -0.2) is 12.1 Å². The minimum absolute atomic E-state index is 0.0974. The van der Waals surface area contributed by atoms with Crippen molar-refractivity contribution in [3.05, 3.63) is 35.8 Å². The Morgan fingerprint density at radius 1 is 1.47 bits per heavy atom. The maximum atomic E-state index is 5.67. The van der Waals surface area contributed by atoms with Crippen LogP contribution in [0.25, 0.3) is 0 Å². The summed E-state index contributed by atoms with van der Waals surface area (Å²) in [4.78, 5) is 0. The van der Waals surface area contributed by atoms with Gasteiger partial charge in [-0.3, -0.25) is 0 Å². The van der Waals surface area contributed by atoms with Crippen molar-refractivity contribution in [1.29, 1.82) is 0 Å². The highest BCUT2D eigenvalue weighted by molar-refractivity contribution is 5.20. The first-order valence-corrected chi connectivity index (χ1v) is 5.94. The normalized spacial score (nSPS) is 11.8. The molecule has 0 aliphatic heterocycles. The predicted octanol–water partition coefficient (Wildman–Crippen LogP) is 3.18. The molecule has 0 aromatic carbocycles. The van der Waals surface area contributed by atoms with E-state index >= 15 is 0 Å². The summed E-state index contributed by atoms with van der Waals surface area (Å²) in [6.07, 6.45) is 1.75. The first-order chi connectivity index (χ1) is 7.92. The molecule has 0 radical (unpaired) electrons. The van der Waals surface area contributed by atoms with Crippen molar-refractivity contribution in [3.8, 4) is 0 Å². The molecule has 1 heterocycles. The van der Waals surface area contributed by atoms with Crippen LogP contribution in [0.1, 0.15) is 37.9 Å². The molecule has 0 amide bonds. The van der Waals surface area contributed by atoms with Crippen molar-refractivity contribution in [2.75, 3.05) is 6.61 Å². The average molecular weight is 237 g/mol. The van der Waals surface area contributed by atoms with E-state index in [4.69, 9.17) is 9.15 Å². The second-order valence-electron chi connectivity index (χ2n) is 5.20. The molecule has 0 spiro atoms. The largest absolute Gasteiger partial charge is 0.465 e. The first kappa shape index (κ1) is 14.0. The zero-order valence-electron chi connectivity index (χ0n) is 11.3. The van der Waals surface area contributed by atoms with Gasteiger partial charge in [-0.05, 0) is 33.8 Å². The first-order valence-electron chi connectivity index (χ1n) is 5.94. The van der Waals surface area contributed by atoms with Gasteiger partial charge in [0.15, 0.2) is 0 Å². The summed E-state index contributed by atoms with van der Waals surface area (Å²) in [6.45, 7) is 13.9. The fourth-order valence-corrected chi connectivity index (χ4v) is 1.42. The molecule has 0 unspecified atom stereocenters. The number of nitrogens with one attached hydrogen (secondary N) is 1. The predicted molar refractivity (Wildman–Crippen MR) is 69.9 cm³/mol. The molecule has 1 N–H and O–H groups in total. The lowest BCUT2D eigenvalue weighted by atomic mass is 10.1. The van der Waals surface area contributed by atoms with E-state index in [2.05, 4.69) is 38.7 Å². The van der Waals surface area contributed by atoms with Crippen LogP contribution in [0.3, 0.4) is 0 Å². The summed E-state index contributed by atoms with van der Waals surface area (Å²) in [7, 11) is 0. The summed E-state index contributed by atoms with van der Waals surface area (Å²) in [5, 5.41) is 3.40. The summed E-state index contributed by atoms with van der Waals surface area (Å²) >= 11 is 0. The Bertz CT molecular complexity index is 361. The SMILES string of the molecule is C=CCOCc1cc(CNC(C)(C)C)oc1C. The van der Waals surface area contributed by atoms with E-state index in [0.717, 1.165) is 23.6 Å². The molecule has 0 fully saturated rings. The molecular weight excluding hydrogens is 214 g/mol. The van der Waals surface area contributed by atoms with Crippen molar-refractivity contribution >= 4 is 0 Å². The fourth-order valence-electron chi connectivity index (χ4n) is 1.42. The third kappa shape index (κ3) is 5.20. The summed E-state index contributed by atoms with van der Waals surface area (Å²) in [6, 6.07) is 2.05. The van der Waals surface area contributed by atoms with Crippen molar-refractivity contribution in [1.82, 2.24) is 5.32 Å². The highest BCUT2D eigenvalue weighted by atomic mass is 16.5. The lowest BCUT2D eigenvalue weighted by molar-refractivity contribution is 0.147. The van der Waals surface area contributed by atoms with Gasteiger partial charge in [-0.2, -0.15) is 0 Å². The quantitative estimate of drug-likeness (QED) is 0.609. The van der Waals surface area contributed by atoms with Gasteiger partial charge in [-0.25, -0.2) is 0 Å². The molecule has 1 aromatic rings. The Morgan fingerprint density at radius 2 is 2.18 bits per heavy atom. The lowest BCUT2D eigenvalue weighted by Gasteiger charge is -2.19. The Labute approximate surface area is 104 Å². The number of aryl methyl sites for hydroxylation is 1. The zero-order chi connectivity index (χ0) is 12.9. The number of hydrogen-bond acceptors (Lipinski definition) is 3. The van der Waals surface area contributed by atoms with E-state index in [-0.39, 0.29) is 5.54 Å². The molecule has 17 heavy (non-hydrogen) atoms. The van der Waals surface area contributed by atoms with Crippen LogP contribution in [0.5, 0.6) is 0 Å². The molecule has 0 bridgehead atoms. The maximum absolute atomic E-state index is 5.67. The summed E-state index contributed by atoms with van der Waals surface area (Å²) in [5.74, 6) is 1.88. The highest BCUT2D eigenvalue weighted by Crippen LogP contribution is 2.16. The van der Waals surface area contributed by atoms with E-state index < -0.39 is 0 Å². The monoisotopic (exact) mass is 237 g/mol. The number of rotatable bonds is 6. The Morgan fingerprint density at radius 3 is 2.76 bits per heavy atom. The summed E-state index contributed by atoms with van der Waals surface area (Å²) < 4.78 is 11.1. The molecule has 1 aromatic heterocycles.